The predicted molar refractivity (Wildman–Crippen MR) is 131 cm³/mol. The van der Waals surface area contributed by atoms with Gasteiger partial charge < -0.3 is 37.6 Å². The van der Waals surface area contributed by atoms with Gasteiger partial charge in [-0.25, -0.2) is 4.79 Å². The zero-order valence-electron chi connectivity index (χ0n) is 20.8. The molecular formula is C24H37N5O7. The molecule has 36 heavy (non-hydrogen) atoms. The maximum absolute atomic E-state index is 13.0. The summed E-state index contributed by atoms with van der Waals surface area (Å²) in [6.07, 6.45) is -1.37. The van der Waals surface area contributed by atoms with E-state index in [1.807, 2.05) is 13.8 Å². The molecule has 0 aliphatic rings. The summed E-state index contributed by atoms with van der Waals surface area (Å²) in [5.74, 6) is -4.31. The summed E-state index contributed by atoms with van der Waals surface area (Å²) in [6.45, 7) is 4.94. The van der Waals surface area contributed by atoms with Gasteiger partial charge in [-0.1, -0.05) is 44.2 Å². The molecule has 0 saturated heterocycles. The number of aliphatic carboxylic acids is 1. The first-order chi connectivity index (χ1) is 16.8. The number of primary amides is 1. The van der Waals surface area contributed by atoms with Gasteiger partial charge in [0.25, 0.3) is 0 Å². The summed E-state index contributed by atoms with van der Waals surface area (Å²) in [5.41, 5.74) is 11.5. The van der Waals surface area contributed by atoms with E-state index in [1.165, 1.54) is 6.92 Å². The van der Waals surface area contributed by atoms with E-state index in [0.29, 0.717) is 5.56 Å². The van der Waals surface area contributed by atoms with E-state index in [-0.39, 0.29) is 31.6 Å². The van der Waals surface area contributed by atoms with Gasteiger partial charge in [0.05, 0.1) is 6.10 Å². The lowest BCUT2D eigenvalue weighted by atomic mass is 10.0. The molecule has 12 nitrogen and oxygen atoms in total. The average Bonchev–Trinajstić information content (AvgIpc) is 2.80. The SMILES string of the molecule is CC(C)CC(NC(=O)C(CCC(N)=O)NC(=O)C(N)C(C)O)C(=O)NC(Cc1ccccc1)C(=O)O. The molecule has 0 saturated carbocycles. The van der Waals surface area contributed by atoms with Crippen molar-refractivity contribution in [2.45, 2.75) is 76.7 Å². The maximum atomic E-state index is 13.0. The summed E-state index contributed by atoms with van der Waals surface area (Å²) >= 11 is 0. The van der Waals surface area contributed by atoms with Crippen molar-refractivity contribution in [3.05, 3.63) is 35.9 Å². The van der Waals surface area contributed by atoms with Crippen molar-refractivity contribution < 1.29 is 34.2 Å². The third-order valence-corrected chi connectivity index (χ3v) is 5.37. The minimum Gasteiger partial charge on any atom is -0.480 e. The highest BCUT2D eigenvalue weighted by Crippen LogP contribution is 2.09. The fraction of sp³-hybridized carbons (Fsp3) is 0.542. The zero-order valence-corrected chi connectivity index (χ0v) is 20.8. The molecule has 9 N–H and O–H groups in total. The standard InChI is InChI=1S/C24H37N5O7/c1-13(2)11-17(22(33)29-18(24(35)36)12-15-7-5-4-6-8-15)28-21(32)16(9-10-19(25)31)27-23(34)20(26)14(3)30/h4-8,13-14,16-18,20,30H,9-12,26H2,1-3H3,(H2,25,31)(H,27,34)(H,28,32)(H,29,33)(H,35,36). The Labute approximate surface area is 210 Å². The minimum absolute atomic E-state index is 0.0405. The zero-order chi connectivity index (χ0) is 27.4. The number of carboxylic acid groups (broad SMARTS) is 1. The average molecular weight is 508 g/mol. The third kappa shape index (κ3) is 10.8. The highest BCUT2D eigenvalue weighted by atomic mass is 16.4. The third-order valence-electron chi connectivity index (χ3n) is 5.37. The molecule has 1 aromatic carbocycles. The van der Waals surface area contributed by atoms with E-state index in [0.717, 1.165) is 0 Å². The van der Waals surface area contributed by atoms with E-state index in [4.69, 9.17) is 11.5 Å². The monoisotopic (exact) mass is 507 g/mol. The Hall–Kier alpha value is -3.51. The molecule has 1 aromatic rings. The molecule has 0 radical (unpaired) electrons. The van der Waals surface area contributed by atoms with Crippen LogP contribution >= 0.6 is 0 Å². The van der Waals surface area contributed by atoms with E-state index in [1.54, 1.807) is 30.3 Å². The highest BCUT2D eigenvalue weighted by Gasteiger charge is 2.31. The van der Waals surface area contributed by atoms with E-state index < -0.39 is 59.9 Å². The Morgan fingerprint density at radius 2 is 1.39 bits per heavy atom. The second-order valence-electron chi connectivity index (χ2n) is 9.11. The first kappa shape index (κ1) is 30.5. The number of amides is 4. The Balaban J connectivity index is 3.03. The quantitative estimate of drug-likeness (QED) is 0.152. The molecule has 200 valence electrons. The number of aliphatic hydroxyl groups is 1. The van der Waals surface area contributed by atoms with Gasteiger partial charge in [-0.05, 0) is 31.2 Å². The molecule has 0 heterocycles. The van der Waals surface area contributed by atoms with Crippen molar-refractivity contribution in [1.29, 1.82) is 0 Å². The van der Waals surface area contributed by atoms with Crippen molar-refractivity contribution in [2.75, 3.05) is 0 Å². The Kier molecular flexibility index (Phi) is 12.5. The maximum Gasteiger partial charge on any atom is 0.326 e. The second kappa shape index (κ2) is 14.8. The number of carbonyl (C=O) groups is 5. The summed E-state index contributed by atoms with van der Waals surface area (Å²) in [4.78, 5) is 61.4. The van der Waals surface area contributed by atoms with Gasteiger partial charge >= 0.3 is 5.97 Å². The van der Waals surface area contributed by atoms with E-state index >= 15 is 0 Å². The van der Waals surface area contributed by atoms with Gasteiger partial charge in [-0.3, -0.25) is 19.2 Å². The number of hydrogen-bond acceptors (Lipinski definition) is 7. The smallest absolute Gasteiger partial charge is 0.326 e. The van der Waals surface area contributed by atoms with Crippen LogP contribution in [0.2, 0.25) is 0 Å². The molecule has 12 heteroatoms. The van der Waals surface area contributed by atoms with Crippen LogP contribution in [0.25, 0.3) is 0 Å². The van der Waals surface area contributed by atoms with E-state index in [9.17, 15) is 34.2 Å². The molecule has 0 aliphatic carbocycles. The molecule has 1 rings (SSSR count). The molecule has 0 fully saturated rings. The van der Waals surface area contributed by atoms with Gasteiger partial charge in [0.1, 0.15) is 24.2 Å². The number of carbonyl (C=O) groups excluding carboxylic acids is 4. The molecule has 0 spiro atoms. The van der Waals surface area contributed by atoms with Crippen LogP contribution in [0.4, 0.5) is 0 Å². The fourth-order valence-electron chi connectivity index (χ4n) is 3.34. The number of nitrogens with one attached hydrogen (secondary N) is 3. The predicted octanol–water partition coefficient (Wildman–Crippen LogP) is -1.21. The van der Waals surface area contributed by atoms with Crippen molar-refractivity contribution >= 4 is 29.6 Å². The summed E-state index contributed by atoms with van der Waals surface area (Å²) < 4.78 is 0. The number of rotatable bonds is 15. The number of benzene rings is 1. The van der Waals surface area contributed by atoms with Crippen molar-refractivity contribution in [3.8, 4) is 0 Å². The van der Waals surface area contributed by atoms with Crippen LogP contribution in [0.5, 0.6) is 0 Å². The van der Waals surface area contributed by atoms with Crippen molar-refractivity contribution in [2.24, 2.45) is 17.4 Å². The van der Waals surface area contributed by atoms with Crippen LogP contribution < -0.4 is 27.4 Å². The van der Waals surface area contributed by atoms with Crippen LogP contribution in [-0.2, 0) is 30.4 Å². The first-order valence-corrected chi connectivity index (χ1v) is 11.7. The van der Waals surface area contributed by atoms with E-state index in [2.05, 4.69) is 16.0 Å². The van der Waals surface area contributed by atoms with Crippen molar-refractivity contribution in [3.63, 3.8) is 0 Å². The van der Waals surface area contributed by atoms with Gasteiger partial charge in [0, 0.05) is 12.8 Å². The number of aliphatic hydroxyl groups excluding tert-OH is 1. The van der Waals surface area contributed by atoms with Gasteiger partial charge in [0.2, 0.25) is 23.6 Å². The first-order valence-electron chi connectivity index (χ1n) is 11.7. The summed E-state index contributed by atoms with van der Waals surface area (Å²) in [5, 5.41) is 26.5. The fourth-order valence-corrected chi connectivity index (χ4v) is 3.34. The van der Waals surface area contributed by atoms with Crippen molar-refractivity contribution in [1.82, 2.24) is 16.0 Å². The topological polar surface area (TPSA) is 214 Å². The van der Waals surface area contributed by atoms with Gasteiger partial charge in [0.15, 0.2) is 0 Å². The lowest BCUT2D eigenvalue weighted by Gasteiger charge is -2.26. The molecule has 0 bridgehead atoms. The lowest BCUT2D eigenvalue weighted by molar-refractivity contribution is -0.142. The van der Waals surface area contributed by atoms with Crippen LogP contribution in [-0.4, -0.2) is 70.1 Å². The summed E-state index contributed by atoms with van der Waals surface area (Å²) in [6, 6.07) is 3.82. The van der Waals surface area contributed by atoms with Crippen LogP contribution in [0.1, 0.15) is 45.6 Å². The number of carboxylic acids is 1. The van der Waals surface area contributed by atoms with Crippen LogP contribution in [0, 0.1) is 5.92 Å². The highest BCUT2D eigenvalue weighted by molar-refractivity contribution is 5.94. The summed E-state index contributed by atoms with van der Waals surface area (Å²) in [7, 11) is 0. The van der Waals surface area contributed by atoms with Crippen LogP contribution in [0.15, 0.2) is 30.3 Å². The minimum atomic E-state index is -1.32. The molecule has 0 aromatic heterocycles. The molecular weight excluding hydrogens is 470 g/mol. The van der Waals surface area contributed by atoms with Gasteiger partial charge in [-0.2, -0.15) is 0 Å². The number of hydrogen-bond donors (Lipinski definition) is 7. The Bertz CT molecular complexity index is 907. The lowest BCUT2D eigenvalue weighted by Crippen LogP contribution is -2.58. The Morgan fingerprint density at radius 1 is 0.861 bits per heavy atom. The normalized spacial score (nSPS) is 15.2. The molecule has 5 atom stereocenters. The molecule has 5 unspecified atom stereocenters. The molecule has 4 amide bonds. The van der Waals surface area contributed by atoms with Crippen LogP contribution in [0.3, 0.4) is 0 Å². The second-order valence-corrected chi connectivity index (χ2v) is 9.11. The largest absolute Gasteiger partial charge is 0.480 e. The number of nitrogens with two attached hydrogens (primary N) is 2. The molecule has 0 aliphatic heterocycles. The Morgan fingerprint density at radius 3 is 1.89 bits per heavy atom. The van der Waals surface area contributed by atoms with Gasteiger partial charge in [-0.15, -0.1) is 0 Å².